The van der Waals surface area contributed by atoms with Crippen molar-refractivity contribution in [2.45, 2.75) is 30.2 Å². The Morgan fingerprint density at radius 1 is 0.958 bits per heavy atom. The van der Waals surface area contributed by atoms with Gasteiger partial charge in [0.25, 0.3) is 10.0 Å². The van der Waals surface area contributed by atoms with Gasteiger partial charge >= 0.3 is 74.7 Å². The molecule has 0 fully saturated rings. The van der Waals surface area contributed by atoms with Crippen molar-refractivity contribution in [3.05, 3.63) is 0 Å². The van der Waals surface area contributed by atoms with Gasteiger partial charge in [-0.1, -0.05) is 6.92 Å². The van der Waals surface area contributed by atoms with E-state index in [1.807, 2.05) is 0 Å². The molecule has 0 heterocycles. The van der Waals surface area contributed by atoms with Gasteiger partial charge in [-0.15, -0.1) is 0 Å². The molecule has 0 bridgehead atoms. The molecular formula is C8H7F9KNO4S. The van der Waals surface area contributed by atoms with E-state index < -0.39 is 56.7 Å². The van der Waals surface area contributed by atoms with Crippen LogP contribution in [0.1, 0.15) is 6.92 Å². The second-order valence-corrected chi connectivity index (χ2v) is 5.95. The Morgan fingerprint density at radius 3 is 1.58 bits per heavy atom. The number of carboxylic acid groups (broad SMARTS) is 1. The second-order valence-electron chi connectivity index (χ2n) is 3.97. The summed E-state index contributed by atoms with van der Waals surface area (Å²) in [5.74, 6) is -17.2. The fourth-order valence-corrected chi connectivity index (χ4v) is 2.59. The van der Waals surface area contributed by atoms with E-state index in [1.54, 1.807) is 0 Å². The van der Waals surface area contributed by atoms with Gasteiger partial charge < -0.3 is 9.90 Å². The minimum absolute atomic E-state index is 0. The first-order valence-corrected chi connectivity index (χ1v) is 6.71. The third-order valence-corrected chi connectivity index (χ3v) is 4.41. The predicted octanol–water partition coefficient (Wildman–Crippen LogP) is -2.18. The standard InChI is InChI=1S/C8H8F9NO4S.K/c1-2-18(3-4(19)20)23(21,22)8(16,17)6(11,12)5(9,10)7(13,14)15;/h2-3H2,1H3,(H,19,20);/q;+1/p-1. The minimum Gasteiger partial charge on any atom is -0.549 e. The number of halogens is 9. The van der Waals surface area contributed by atoms with Crippen molar-refractivity contribution in [3.63, 3.8) is 0 Å². The average Bonchev–Trinajstić information content (AvgIpc) is 2.33. The molecule has 0 aromatic carbocycles. The molecule has 0 atom stereocenters. The monoisotopic (exact) mass is 423 g/mol. The molecule has 0 aromatic heterocycles. The molecule has 5 nitrogen and oxygen atoms in total. The number of alkyl halides is 9. The van der Waals surface area contributed by atoms with E-state index >= 15 is 0 Å². The van der Waals surface area contributed by atoms with E-state index in [-0.39, 0.29) is 51.4 Å². The molecule has 0 spiro atoms. The smallest absolute Gasteiger partial charge is 0.549 e. The summed E-state index contributed by atoms with van der Waals surface area (Å²) in [5.41, 5.74) is 0. The van der Waals surface area contributed by atoms with Gasteiger partial charge in [-0.25, -0.2) is 8.42 Å². The summed E-state index contributed by atoms with van der Waals surface area (Å²) in [6, 6.07) is 0. The van der Waals surface area contributed by atoms with Gasteiger partial charge in [0.2, 0.25) is 0 Å². The summed E-state index contributed by atoms with van der Waals surface area (Å²) in [6.07, 6.45) is -7.19. The predicted molar refractivity (Wildman–Crippen MR) is 52.1 cm³/mol. The minimum atomic E-state index is -7.41. The van der Waals surface area contributed by atoms with Gasteiger partial charge in [0.05, 0.1) is 12.5 Å². The molecule has 0 aliphatic carbocycles. The second kappa shape index (κ2) is 7.95. The van der Waals surface area contributed by atoms with Crippen LogP contribution in [0.2, 0.25) is 0 Å². The van der Waals surface area contributed by atoms with Crippen LogP contribution in [0.25, 0.3) is 0 Å². The Balaban J connectivity index is 0. The fraction of sp³-hybridized carbons (Fsp3) is 0.875. The Hall–Kier alpha value is 0.386. The van der Waals surface area contributed by atoms with E-state index in [0.29, 0.717) is 6.92 Å². The summed E-state index contributed by atoms with van der Waals surface area (Å²) in [5, 5.41) is 3.22. The molecule has 16 heteroatoms. The summed E-state index contributed by atoms with van der Waals surface area (Å²) in [4.78, 5) is 10.2. The Morgan fingerprint density at radius 2 is 1.33 bits per heavy atom. The number of hydrogen-bond acceptors (Lipinski definition) is 4. The van der Waals surface area contributed by atoms with Crippen molar-refractivity contribution in [1.82, 2.24) is 4.31 Å². The normalized spacial score (nSPS) is 14.5. The number of rotatable bonds is 7. The van der Waals surface area contributed by atoms with Crippen LogP contribution in [0.3, 0.4) is 0 Å². The maximum Gasteiger partial charge on any atom is 1.00 e. The van der Waals surface area contributed by atoms with Crippen molar-refractivity contribution in [3.8, 4) is 0 Å². The molecule has 0 aromatic rings. The zero-order valence-corrected chi connectivity index (χ0v) is 15.7. The summed E-state index contributed by atoms with van der Waals surface area (Å²) < 4.78 is 135. The number of likely N-dealkylation sites (N-methyl/N-ethyl adjacent to an activating group) is 1. The number of nitrogens with zero attached hydrogens (tertiary/aromatic N) is 1. The molecule has 0 radical (unpaired) electrons. The molecule has 0 aliphatic rings. The van der Waals surface area contributed by atoms with Crippen LogP contribution >= 0.6 is 0 Å². The Bertz CT molecular complexity index is 562. The van der Waals surface area contributed by atoms with Gasteiger partial charge in [0.1, 0.15) is 0 Å². The van der Waals surface area contributed by atoms with Crippen LogP contribution in [0.4, 0.5) is 39.5 Å². The van der Waals surface area contributed by atoms with Crippen LogP contribution in [0.5, 0.6) is 0 Å². The topological polar surface area (TPSA) is 77.5 Å². The number of carboxylic acids is 1. The summed E-state index contributed by atoms with van der Waals surface area (Å²) in [7, 11) is -6.90. The van der Waals surface area contributed by atoms with Crippen molar-refractivity contribution in [2.75, 3.05) is 13.1 Å². The molecule has 0 amide bonds. The molecule has 0 rings (SSSR count). The maximum atomic E-state index is 13.3. The average molecular weight is 423 g/mol. The SMILES string of the molecule is CCN(CC(=O)[O-])S(=O)(=O)C(F)(F)C(F)(F)C(F)(F)C(F)(F)F.[K+]. The van der Waals surface area contributed by atoms with Crippen LogP contribution in [0.15, 0.2) is 0 Å². The third-order valence-electron chi connectivity index (χ3n) is 2.44. The molecular weight excluding hydrogens is 416 g/mol. The quantitative estimate of drug-likeness (QED) is 0.345. The summed E-state index contributed by atoms with van der Waals surface area (Å²) in [6.45, 7) is -2.54. The Kier molecular flexibility index (Phi) is 8.82. The van der Waals surface area contributed by atoms with E-state index in [9.17, 15) is 57.8 Å². The zero-order chi connectivity index (χ0) is 19.1. The number of sulfonamides is 1. The van der Waals surface area contributed by atoms with Crippen molar-refractivity contribution >= 4 is 16.0 Å². The van der Waals surface area contributed by atoms with Gasteiger partial charge in [0, 0.05) is 6.54 Å². The van der Waals surface area contributed by atoms with Crippen LogP contribution in [-0.4, -0.2) is 55.1 Å². The van der Waals surface area contributed by atoms with E-state index in [4.69, 9.17) is 0 Å². The Labute approximate surface area is 171 Å². The van der Waals surface area contributed by atoms with Crippen molar-refractivity contribution < 1.29 is 109 Å². The van der Waals surface area contributed by atoms with E-state index in [2.05, 4.69) is 0 Å². The number of hydrogen-bond donors (Lipinski definition) is 0. The largest absolute Gasteiger partial charge is 1.00 e. The van der Waals surface area contributed by atoms with Gasteiger partial charge in [-0.05, 0) is 0 Å². The molecule has 0 saturated heterocycles. The number of aliphatic carboxylic acids is 1. The molecule has 0 aliphatic heterocycles. The molecule has 0 unspecified atom stereocenters. The molecule has 24 heavy (non-hydrogen) atoms. The maximum absolute atomic E-state index is 13.3. The molecule has 0 saturated carbocycles. The van der Waals surface area contributed by atoms with Crippen LogP contribution in [0, 0.1) is 0 Å². The summed E-state index contributed by atoms with van der Waals surface area (Å²) >= 11 is 0. The zero-order valence-electron chi connectivity index (χ0n) is 11.8. The fourth-order valence-electron chi connectivity index (χ4n) is 1.20. The molecule has 138 valence electrons. The molecule has 0 N–H and O–H groups in total. The number of carbonyl (C=O) groups is 1. The van der Waals surface area contributed by atoms with Gasteiger partial charge in [-0.2, -0.15) is 43.8 Å². The van der Waals surface area contributed by atoms with E-state index in [1.165, 1.54) is 0 Å². The van der Waals surface area contributed by atoms with Crippen molar-refractivity contribution in [2.24, 2.45) is 0 Å². The van der Waals surface area contributed by atoms with Crippen molar-refractivity contribution in [1.29, 1.82) is 0 Å². The number of carbonyl (C=O) groups excluding carboxylic acids is 1. The first-order valence-electron chi connectivity index (χ1n) is 5.27. The first-order chi connectivity index (χ1) is 9.88. The van der Waals surface area contributed by atoms with E-state index in [0.717, 1.165) is 0 Å². The van der Waals surface area contributed by atoms with Crippen LogP contribution < -0.4 is 56.5 Å². The van der Waals surface area contributed by atoms with Crippen LogP contribution in [-0.2, 0) is 14.8 Å². The first kappa shape index (κ1) is 26.6. The van der Waals surface area contributed by atoms with Gasteiger partial charge in [-0.3, -0.25) is 0 Å². The van der Waals surface area contributed by atoms with Gasteiger partial charge in [0.15, 0.2) is 0 Å². The third kappa shape index (κ3) is 4.37.